The summed E-state index contributed by atoms with van der Waals surface area (Å²) in [6.45, 7) is 2.97. The summed E-state index contributed by atoms with van der Waals surface area (Å²) in [6.07, 6.45) is 0. The van der Waals surface area contributed by atoms with Gasteiger partial charge in [-0.25, -0.2) is 9.97 Å². The monoisotopic (exact) mass is 414 g/mol. The number of hydrogen-bond donors (Lipinski definition) is 2. The fourth-order valence-electron chi connectivity index (χ4n) is 1.68. The molecule has 112 valence electrons. The van der Waals surface area contributed by atoms with Gasteiger partial charge in [-0.1, -0.05) is 15.9 Å². The van der Waals surface area contributed by atoms with Crippen molar-refractivity contribution in [3.05, 3.63) is 39.0 Å². The largest absolute Gasteiger partial charge is 0.374 e. The van der Waals surface area contributed by atoms with Crippen LogP contribution in [-0.4, -0.2) is 23.6 Å². The highest BCUT2D eigenvalue weighted by Gasteiger charge is 2.07. The molecule has 2 rings (SSSR count). The van der Waals surface area contributed by atoms with Gasteiger partial charge in [-0.2, -0.15) is 0 Å². The maximum Gasteiger partial charge on any atom is 0.158 e. The minimum absolute atomic E-state index is 0.389. The van der Waals surface area contributed by atoms with Crippen LogP contribution in [0.4, 0.5) is 17.3 Å². The van der Waals surface area contributed by atoms with Crippen LogP contribution in [0.3, 0.4) is 0 Å². The standard InChI is InChI=1S/C14H16Br2N4O/c1-3-21-8-14-19-12(17-2)7-13(20-14)18-11-6-9(15)4-5-10(11)16/h4-7H,3,8H2,1-2H3,(H2,17,18,19,20). The van der Waals surface area contributed by atoms with Gasteiger partial charge in [0.1, 0.15) is 18.2 Å². The Bertz CT molecular complexity index is 622. The number of halogens is 2. The second kappa shape index (κ2) is 7.72. The van der Waals surface area contributed by atoms with E-state index < -0.39 is 0 Å². The van der Waals surface area contributed by atoms with Crippen LogP contribution < -0.4 is 10.6 Å². The molecule has 0 bridgehead atoms. The van der Waals surface area contributed by atoms with Crippen molar-refractivity contribution in [3.63, 3.8) is 0 Å². The number of aromatic nitrogens is 2. The first-order valence-electron chi connectivity index (χ1n) is 6.48. The Labute approximate surface area is 140 Å². The van der Waals surface area contributed by atoms with E-state index in [1.807, 2.05) is 38.2 Å². The first-order chi connectivity index (χ1) is 10.1. The quantitative estimate of drug-likeness (QED) is 0.735. The van der Waals surface area contributed by atoms with E-state index >= 15 is 0 Å². The molecule has 5 nitrogen and oxygen atoms in total. The summed E-state index contributed by atoms with van der Waals surface area (Å²) in [5, 5.41) is 6.31. The number of ether oxygens (including phenoxy) is 1. The summed E-state index contributed by atoms with van der Waals surface area (Å²) in [5.41, 5.74) is 0.924. The summed E-state index contributed by atoms with van der Waals surface area (Å²) in [5.74, 6) is 2.09. The van der Waals surface area contributed by atoms with Crippen molar-refractivity contribution in [2.75, 3.05) is 24.3 Å². The molecule has 0 amide bonds. The third-order valence-corrected chi connectivity index (χ3v) is 3.84. The molecule has 1 heterocycles. The van der Waals surface area contributed by atoms with Crippen LogP contribution >= 0.6 is 31.9 Å². The van der Waals surface area contributed by atoms with Crippen LogP contribution in [0.15, 0.2) is 33.2 Å². The zero-order valence-corrected chi connectivity index (χ0v) is 15.0. The predicted octanol–water partition coefficient (Wildman–Crippen LogP) is 4.32. The molecule has 1 aromatic heterocycles. The Balaban J connectivity index is 2.27. The molecule has 0 fully saturated rings. The first kappa shape index (κ1) is 16.2. The summed E-state index contributed by atoms with van der Waals surface area (Å²) < 4.78 is 7.32. The van der Waals surface area contributed by atoms with E-state index in [1.54, 1.807) is 0 Å². The zero-order chi connectivity index (χ0) is 15.2. The van der Waals surface area contributed by atoms with Crippen molar-refractivity contribution in [3.8, 4) is 0 Å². The summed E-state index contributed by atoms with van der Waals surface area (Å²) in [6, 6.07) is 7.76. The molecule has 0 aliphatic heterocycles. The average molecular weight is 416 g/mol. The zero-order valence-electron chi connectivity index (χ0n) is 11.8. The van der Waals surface area contributed by atoms with Crippen LogP contribution in [0.25, 0.3) is 0 Å². The first-order valence-corrected chi connectivity index (χ1v) is 8.06. The molecule has 21 heavy (non-hydrogen) atoms. The van der Waals surface area contributed by atoms with Crippen molar-refractivity contribution < 1.29 is 4.74 Å². The lowest BCUT2D eigenvalue weighted by Gasteiger charge is -2.11. The lowest BCUT2D eigenvalue weighted by molar-refractivity contribution is 0.128. The van der Waals surface area contributed by atoms with Gasteiger partial charge in [0.05, 0.1) is 5.69 Å². The molecule has 1 aromatic carbocycles. The SMILES string of the molecule is CCOCc1nc(NC)cc(Nc2cc(Br)ccc2Br)n1. The predicted molar refractivity (Wildman–Crippen MR) is 92.0 cm³/mol. The topological polar surface area (TPSA) is 59.1 Å². The fourth-order valence-corrected chi connectivity index (χ4v) is 2.39. The highest BCUT2D eigenvalue weighted by atomic mass is 79.9. The number of anilines is 3. The molecule has 0 spiro atoms. The number of nitrogens with zero attached hydrogens (tertiary/aromatic N) is 2. The van der Waals surface area contributed by atoms with Crippen LogP contribution in [0.5, 0.6) is 0 Å². The Morgan fingerprint density at radius 1 is 1.14 bits per heavy atom. The van der Waals surface area contributed by atoms with Crippen LogP contribution in [0.2, 0.25) is 0 Å². The van der Waals surface area contributed by atoms with Crippen molar-refractivity contribution in [1.82, 2.24) is 9.97 Å². The second-order valence-corrected chi connectivity index (χ2v) is 5.96. The maximum absolute atomic E-state index is 5.37. The maximum atomic E-state index is 5.37. The van der Waals surface area contributed by atoms with Crippen LogP contribution in [0, 0.1) is 0 Å². The molecule has 0 aliphatic carbocycles. The molecule has 0 saturated heterocycles. The molecule has 0 radical (unpaired) electrons. The Morgan fingerprint density at radius 2 is 1.90 bits per heavy atom. The number of rotatable bonds is 6. The highest BCUT2D eigenvalue weighted by molar-refractivity contribution is 9.11. The van der Waals surface area contributed by atoms with E-state index in [0.717, 1.165) is 20.5 Å². The van der Waals surface area contributed by atoms with E-state index in [4.69, 9.17) is 4.74 Å². The molecule has 0 aliphatic rings. The van der Waals surface area contributed by atoms with E-state index in [-0.39, 0.29) is 0 Å². The Hall–Kier alpha value is -1.18. The van der Waals surface area contributed by atoms with E-state index in [2.05, 4.69) is 52.5 Å². The minimum Gasteiger partial charge on any atom is -0.374 e. The van der Waals surface area contributed by atoms with Crippen molar-refractivity contribution in [1.29, 1.82) is 0 Å². The summed E-state index contributed by atoms with van der Waals surface area (Å²) in [4.78, 5) is 8.82. The van der Waals surface area contributed by atoms with Gasteiger partial charge in [0.25, 0.3) is 0 Å². The van der Waals surface area contributed by atoms with E-state index in [9.17, 15) is 0 Å². The third-order valence-electron chi connectivity index (χ3n) is 2.66. The molecule has 7 heteroatoms. The van der Waals surface area contributed by atoms with Gasteiger partial charge in [0.15, 0.2) is 5.82 Å². The highest BCUT2D eigenvalue weighted by Crippen LogP contribution is 2.29. The van der Waals surface area contributed by atoms with Gasteiger partial charge in [-0.15, -0.1) is 0 Å². The van der Waals surface area contributed by atoms with E-state index in [0.29, 0.717) is 24.9 Å². The Morgan fingerprint density at radius 3 is 2.62 bits per heavy atom. The van der Waals surface area contributed by atoms with Gasteiger partial charge in [-0.05, 0) is 41.1 Å². The molecule has 2 N–H and O–H groups in total. The lowest BCUT2D eigenvalue weighted by Crippen LogP contribution is -2.05. The molecule has 2 aromatic rings. The molecule has 0 atom stereocenters. The fraction of sp³-hybridized carbons (Fsp3) is 0.286. The average Bonchev–Trinajstić information content (AvgIpc) is 2.48. The normalized spacial score (nSPS) is 10.5. The molecular weight excluding hydrogens is 400 g/mol. The van der Waals surface area contributed by atoms with E-state index in [1.165, 1.54) is 0 Å². The number of hydrogen-bond acceptors (Lipinski definition) is 5. The smallest absolute Gasteiger partial charge is 0.158 e. The van der Waals surface area contributed by atoms with Gasteiger partial charge < -0.3 is 15.4 Å². The van der Waals surface area contributed by atoms with Gasteiger partial charge in [-0.3, -0.25) is 0 Å². The number of benzene rings is 1. The minimum atomic E-state index is 0.389. The second-order valence-electron chi connectivity index (χ2n) is 4.19. The van der Waals surface area contributed by atoms with Gasteiger partial charge in [0.2, 0.25) is 0 Å². The summed E-state index contributed by atoms with van der Waals surface area (Å²) in [7, 11) is 1.82. The lowest BCUT2D eigenvalue weighted by atomic mass is 10.3. The summed E-state index contributed by atoms with van der Waals surface area (Å²) >= 11 is 6.98. The molecular formula is C14H16Br2N4O. The van der Waals surface area contributed by atoms with Crippen molar-refractivity contribution in [2.24, 2.45) is 0 Å². The third kappa shape index (κ3) is 4.66. The van der Waals surface area contributed by atoms with Gasteiger partial charge >= 0.3 is 0 Å². The van der Waals surface area contributed by atoms with Gasteiger partial charge in [0, 0.05) is 28.7 Å². The van der Waals surface area contributed by atoms with Crippen LogP contribution in [0.1, 0.15) is 12.7 Å². The van der Waals surface area contributed by atoms with Crippen LogP contribution in [-0.2, 0) is 11.3 Å². The number of nitrogens with one attached hydrogen (secondary N) is 2. The Kier molecular flexibility index (Phi) is 5.96. The molecule has 0 unspecified atom stereocenters. The van der Waals surface area contributed by atoms with Crippen molar-refractivity contribution >= 4 is 49.2 Å². The molecule has 0 saturated carbocycles. The van der Waals surface area contributed by atoms with Crippen molar-refractivity contribution in [2.45, 2.75) is 13.5 Å².